The van der Waals surface area contributed by atoms with E-state index in [1.165, 1.54) is 18.2 Å². The zero-order chi connectivity index (χ0) is 14.9. The minimum absolute atomic E-state index is 0.283. The third-order valence-corrected chi connectivity index (χ3v) is 4.90. The third kappa shape index (κ3) is 3.04. The lowest BCUT2D eigenvalue weighted by atomic mass is 9.87. The van der Waals surface area contributed by atoms with E-state index in [1.807, 2.05) is 6.92 Å². The zero-order valence-electron chi connectivity index (χ0n) is 11.2. The van der Waals surface area contributed by atoms with E-state index in [-0.39, 0.29) is 10.4 Å². The smallest absolute Gasteiger partial charge is 0.306 e. The predicted molar refractivity (Wildman–Crippen MR) is 76.7 cm³/mol. The second-order valence-electron chi connectivity index (χ2n) is 5.47. The molecule has 1 fully saturated rings. The second kappa shape index (κ2) is 6.22. The molecule has 0 aliphatic heterocycles. The van der Waals surface area contributed by atoms with Crippen LogP contribution >= 0.6 is 15.9 Å². The van der Waals surface area contributed by atoms with Crippen LogP contribution in [0.1, 0.15) is 37.9 Å². The molecule has 1 aliphatic carbocycles. The monoisotopic (exact) mass is 344 g/mol. The van der Waals surface area contributed by atoms with Gasteiger partial charge in [0.1, 0.15) is 5.82 Å². The Balaban J connectivity index is 2.23. The van der Waals surface area contributed by atoms with E-state index >= 15 is 0 Å². The minimum atomic E-state index is -0.871. The maximum atomic E-state index is 13.2. The van der Waals surface area contributed by atoms with E-state index in [0.717, 1.165) is 6.42 Å². The molecular weight excluding hydrogens is 327 g/mol. The summed E-state index contributed by atoms with van der Waals surface area (Å²) in [5.74, 6) is -1.76. The number of rotatable bonds is 4. The molecule has 1 aliphatic rings. The highest BCUT2D eigenvalue weighted by Crippen LogP contribution is 2.45. The molecule has 2 rings (SSSR count). The molecule has 5 heteroatoms. The fraction of sp³-hybridized carbons (Fsp3) is 0.533. The van der Waals surface area contributed by atoms with E-state index < -0.39 is 23.8 Å². The number of benzene rings is 1. The van der Waals surface area contributed by atoms with Gasteiger partial charge < -0.3 is 10.2 Å². The van der Waals surface area contributed by atoms with Crippen LogP contribution in [0.3, 0.4) is 0 Å². The van der Waals surface area contributed by atoms with Gasteiger partial charge in [0.25, 0.3) is 0 Å². The summed E-state index contributed by atoms with van der Waals surface area (Å²) in [5.41, 5.74) is 0.561. The summed E-state index contributed by atoms with van der Waals surface area (Å²) in [7, 11) is 0. The lowest BCUT2D eigenvalue weighted by molar-refractivity contribution is -0.144. The Morgan fingerprint density at radius 3 is 2.75 bits per heavy atom. The van der Waals surface area contributed by atoms with E-state index in [1.54, 1.807) is 0 Å². The molecule has 0 heterocycles. The van der Waals surface area contributed by atoms with Gasteiger partial charge in [-0.15, -0.1) is 0 Å². The van der Waals surface area contributed by atoms with Crippen molar-refractivity contribution < 1.29 is 19.4 Å². The largest absolute Gasteiger partial charge is 0.481 e. The molecule has 110 valence electrons. The van der Waals surface area contributed by atoms with Crippen molar-refractivity contribution in [1.29, 1.82) is 0 Å². The van der Waals surface area contributed by atoms with Crippen molar-refractivity contribution in [2.24, 2.45) is 17.8 Å². The normalized spacial score (nSPS) is 27.5. The average molecular weight is 345 g/mol. The van der Waals surface area contributed by atoms with Crippen molar-refractivity contribution in [2.45, 2.75) is 32.3 Å². The van der Waals surface area contributed by atoms with Crippen LogP contribution in [0.15, 0.2) is 22.7 Å². The number of hydrogen-bond donors (Lipinski definition) is 2. The van der Waals surface area contributed by atoms with Gasteiger partial charge >= 0.3 is 5.97 Å². The molecule has 3 nitrogen and oxygen atoms in total. The zero-order valence-corrected chi connectivity index (χ0v) is 12.8. The number of aliphatic carboxylic acids is 1. The number of hydrogen-bond acceptors (Lipinski definition) is 2. The predicted octanol–water partition coefficient (Wildman–Crippen LogP) is 3.76. The number of aliphatic hydroxyl groups is 1. The molecule has 1 aromatic rings. The van der Waals surface area contributed by atoms with Crippen molar-refractivity contribution in [3.63, 3.8) is 0 Å². The maximum Gasteiger partial charge on any atom is 0.306 e. The second-order valence-corrected chi connectivity index (χ2v) is 6.33. The Kier molecular flexibility index (Phi) is 4.81. The number of carboxylic acid groups (broad SMARTS) is 1. The van der Waals surface area contributed by atoms with E-state index in [4.69, 9.17) is 0 Å². The molecule has 0 saturated heterocycles. The van der Waals surface area contributed by atoms with Crippen molar-refractivity contribution in [2.75, 3.05) is 0 Å². The van der Waals surface area contributed by atoms with Crippen LogP contribution in [0.5, 0.6) is 0 Å². The van der Waals surface area contributed by atoms with E-state index in [0.29, 0.717) is 24.3 Å². The van der Waals surface area contributed by atoms with Gasteiger partial charge in [-0.1, -0.05) is 19.4 Å². The fourth-order valence-corrected chi connectivity index (χ4v) is 3.49. The topological polar surface area (TPSA) is 57.5 Å². The highest BCUT2D eigenvalue weighted by atomic mass is 79.9. The highest BCUT2D eigenvalue weighted by Gasteiger charge is 2.42. The Hall–Kier alpha value is -0.940. The van der Waals surface area contributed by atoms with Gasteiger partial charge in [0, 0.05) is 5.92 Å². The van der Waals surface area contributed by atoms with E-state index in [2.05, 4.69) is 15.9 Å². The van der Waals surface area contributed by atoms with Crippen LogP contribution in [0.2, 0.25) is 0 Å². The Morgan fingerprint density at radius 2 is 2.20 bits per heavy atom. The highest BCUT2D eigenvalue weighted by molar-refractivity contribution is 9.10. The first-order chi connectivity index (χ1) is 9.43. The van der Waals surface area contributed by atoms with Crippen LogP contribution in [-0.2, 0) is 4.79 Å². The number of aliphatic hydroxyl groups excluding tert-OH is 1. The van der Waals surface area contributed by atoms with Crippen molar-refractivity contribution >= 4 is 21.9 Å². The number of halogens is 2. The summed E-state index contributed by atoms with van der Waals surface area (Å²) in [6.07, 6.45) is 1.35. The molecular formula is C15H18BrFO3. The molecule has 0 spiro atoms. The number of carboxylic acids is 1. The molecule has 0 aromatic heterocycles. The summed E-state index contributed by atoms with van der Waals surface area (Å²) in [6.45, 7) is 2.03. The molecule has 0 amide bonds. The molecule has 4 unspecified atom stereocenters. The van der Waals surface area contributed by atoms with Crippen LogP contribution in [0.4, 0.5) is 4.39 Å². The van der Waals surface area contributed by atoms with Gasteiger partial charge in [-0.05, 0) is 52.4 Å². The van der Waals surface area contributed by atoms with Crippen molar-refractivity contribution in [3.05, 3.63) is 34.1 Å². The first-order valence-electron chi connectivity index (χ1n) is 6.79. The molecule has 20 heavy (non-hydrogen) atoms. The summed E-state index contributed by atoms with van der Waals surface area (Å²) >= 11 is 3.09. The molecule has 0 radical (unpaired) electrons. The summed E-state index contributed by atoms with van der Waals surface area (Å²) in [5, 5.41) is 19.8. The summed E-state index contributed by atoms with van der Waals surface area (Å²) in [6, 6.07) is 4.33. The van der Waals surface area contributed by atoms with Gasteiger partial charge in [0.05, 0.1) is 16.5 Å². The molecule has 1 aromatic carbocycles. The maximum absolute atomic E-state index is 13.2. The van der Waals surface area contributed by atoms with Gasteiger partial charge in [-0.2, -0.15) is 0 Å². The molecule has 2 N–H and O–H groups in total. The Bertz CT molecular complexity index is 506. The van der Waals surface area contributed by atoms with Crippen LogP contribution in [0.25, 0.3) is 0 Å². The van der Waals surface area contributed by atoms with Crippen molar-refractivity contribution in [1.82, 2.24) is 0 Å². The molecule has 4 atom stereocenters. The van der Waals surface area contributed by atoms with Crippen LogP contribution in [0, 0.1) is 23.6 Å². The third-order valence-electron chi connectivity index (χ3n) is 4.29. The van der Waals surface area contributed by atoms with Crippen LogP contribution in [-0.4, -0.2) is 16.2 Å². The SMILES string of the molecule is CCC1CC(C(=O)O)C(C(O)c2ccc(F)c(Br)c2)C1. The van der Waals surface area contributed by atoms with Crippen LogP contribution < -0.4 is 0 Å². The average Bonchev–Trinajstić information content (AvgIpc) is 2.85. The lowest BCUT2D eigenvalue weighted by Gasteiger charge is -2.22. The van der Waals surface area contributed by atoms with Gasteiger partial charge in [0.2, 0.25) is 0 Å². The summed E-state index contributed by atoms with van der Waals surface area (Å²) in [4.78, 5) is 11.3. The van der Waals surface area contributed by atoms with Gasteiger partial charge in [-0.3, -0.25) is 4.79 Å². The van der Waals surface area contributed by atoms with Gasteiger partial charge in [-0.25, -0.2) is 4.39 Å². The minimum Gasteiger partial charge on any atom is -0.481 e. The molecule has 0 bridgehead atoms. The first kappa shape index (κ1) is 15.4. The Labute approximate surface area is 125 Å². The quantitative estimate of drug-likeness (QED) is 0.874. The standard InChI is InChI=1S/C15H18BrFO3/c1-2-8-5-10(11(6-8)15(19)20)14(18)9-3-4-13(17)12(16)7-9/h3-4,7-8,10-11,14,18H,2,5-6H2,1H3,(H,19,20). The van der Waals surface area contributed by atoms with Gasteiger partial charge in [0.15, 0.2) is 0 Å². The van der Waals surface area contributed by atoms with Crippen molar-refractivity contribution in [3.8, 4) is 0 Å². The molecule has 1 saturated carbocycles. The summed E-state index contributed by atoms with van der Waals surface area (Å²) < 4.78 is 13.5. The number of carbonyl (C=O) groups is 1. The fourth-order valence-electron chi connectivity index (χ4n) is 3.09. The first-order valence-corrected chi connectivity index (χ1v) is 7.59. The Morgan fingerprint density at radius 1 is 1.50 bits per heavy atom. The lowest BCUT2D eigenvalue weighted by Crippen LogP contribution is -2.23. The van der Waals surface area contributed by atoms with E-state index in [9.17, 15) is 19.4 Å².